The summed E-state index contributed by atoms with van der Waals surface area (Å²) >= 11 is 12.7. The fourth-order valence-corrected chi connectivity index (χ4v) is 3.52. The summed E-state index contributed by atoms with van der Waals surface area (Å²) in [5, 5.41) is 0.537. The van der Waals surface area contributed by atoms with E-state index in [1.807, 2.05) is 0 Å². The van der Waals surface area contributed by atoms with Gasteiger partial charge in [0.1, 0.15) is 17.1 Å². The minimum absolute atomic E-state index is 0.0505. The molecule has 0 spiro atoms. The third-order valence-electron chi connectivity index (χ3n) is 3.92. The highest BCUT2D eigenvalue weighted by atomic mass is 35.5. The van der Waals surface area contributed by atoms with Crippen molar-refractivity contribution in [3.05, 3.63) is 73.1 Å². The van der Waals surface area contributed by atoms with Gasteiger partial charge < -0.3 is 19.6 Å². The molecule has 0 bridgehead atoms. The minimum atomic E-state index is -0.976. The monoisotopic (exact) mass is 395 g/mol. The summed E-state index contributed by atoms with van der Waals surface area (Å²) in [5.74, 6) is -1.36. The number of hydrogen-bond acceptors (Lipinski definition) is 6. The van der Waals surface area contributed by atoms with Crippen molar-refractivity contribution < 1.29 is 18.7 Å². The zero-order valence-electron chi connectivity index (χ0n) is 14.0. The van der Waals surface area contributed by atoms with Crippen LogP contribution in [-0.2, 0) is 9.53 Å². The molecule has 1 atom stereocenters. The van der Waals surface area contributed by atoms with E-state index in [1.165, 1.54) is 6.07 Å². The average Bonchev–Trinajstić information content (AvgIpc) is 2.53. The van der Waals surface area contributed by atoms with Crippen LogP contribution in [0.25, 0.3) is 0 Å². The maximum Gasteiger partial charge on any atom is 0.343 e. The Morgan fingerprint density at radius 2 is 1.92 bits per heavy atom. The van der Waals surface area contributed by atoms with Crippen molar-refractivity contribution in [2.75, 3.05) is 6.61 Å². The first-order valence-electron chi connectivity index (χ1n) is 7.78. The van der Waals surface area contributed by atoms with Gasteiger partial charge in [0.25, 0.3) is 0 Å². The molecule has 3 rings (SSSR count). The van der Waals surface area contributed by atoms with Crippen LogP contribution in [0.2, 0.25) is 10.0 Å². The van der Waals surface area contributed by atoms with Crippen LogP contribution in [0.5, 0.6) is 5.75 Å². The second-order valence-corrected chi connectivity index (χ2v) is 6.41. The number of carbonyl (C=O) groups excluding carboxylic acids is 1. The molecule has 0 saturated heterocycles. The van der Waals surface area contributed by atoms with Crippen molar-refractivity contribution in [2.45, 2.75) is 19.8 Å². The van der Waals surface area contributed by atoms with Crippen LogP contribution in [-0.4, -0.2) is 12.6 Å². The molecule has 8 heteroatoms. The SMILES string of the molecule is CCOC(=O)C1=C(N)Oc2cc(C)oc(=O)c2C1c1c(Cl)cccc1Cl. The molecule has 6 nitrogen and oxygen atoms in total. The van der Waals surface area contributed by atoms with Crippen LogP contribution in [0, 0.1) is 6.92 Å². The summed E-state index contributed by atoms with van der Waals surface area (Å²) in [6, 6.07) is 6.38. The molecule has 0 amide bonds. The Balaban J connectivity index is 2.35. The van der Waals surface area contributed by atoms with E-state index in [0.717, 1.165) is 0 Å². The largest absolute Gasteiger partial charge is 0.462 e. The van der Waals surface area contributed by atoms with Crippen LogP contribution in [0.3, 0.4) is 0 Å². The Bertz CT molecular complexity index is 960. The van der Waals surface area contributed by atoms with Gasteiger partial charge in [-0.15, -0.1) is 0 Å². The van der Waals surface area contributed by atoms with E-state index in [4.69, 9.17) is 42.8 Å². The molecule has 26 heavy (non-hydrogen) atoms. The third-order valence-corrected chi connectivity index (χ3v) is 4.58. The Morgan fingerprint density at radius 3 is 2.54 bits per heavy atom. The number of aryl methyl sites for hydroxylation is 1. The van der Waals surface area contributed by atoms with Gasteiger partial charge in [-0.2, -0.15) is 0 Å². The highest BCUT2D eigenvalue weighted by molar-refractivity contribution is 6.36. The van der Waals surface area contributed by atoms with Gasteiger partial charge in [0.15, 0.2) is 0 Å². The third kappa shape index (κ3) is 3.06. The van der Waals surface area contributed by atoms with Crippen LogP contribution < -0.4 is 16.1 Å². The number of carbonyl (C=O) groups is 1. The van der Waals surface area contributed by atoms with Crippen molar-refractivity contribution in [1.82, 2.24) is 0 Å². The Morgan fingerprint density at radius 1 is 1.27 bits per heavy atom. The molecule has 2 N–H and O–H groups in total. The Hall–Kier alpha value is -2.44. The minimum Gasteiger partial charge on any atom is -0.462 e. The Kier molecular flexibility index (Phi) is 4.98. The highest BCUT2D eigenvalue weighted by Gasteiger charge is 2.40. The van der Waals surface area contributed by atoms with E-state index in [9.17, 15) is 9.59 Å². The summed E-state index contributed by atoms with van der Waals surface area (Å²) < 4.78 is 15.8. The molecular formula is C18H15Cl2NO5. The van der Waals surface area contributed by atoms with Gasteiger partial charge in [0.2, 0.25) is 5.88 Å². The zero-order valence-corrected chi connectivity index (χ0v) is 15.5. The topological polar surface area (TPSA) is 91.8 Å². The second kappa shape index (κ2) is 7.05. The van der Waals surface area contributed by atoms with Crippen molar-refractivity contribution in [3.8, 4) is 5.75 Å². The summed E-state index contributed by atoms with van der Waals surface area (Å²) in [6.45, 7) is 3.37. The van der Waals surface area contributed by atoms with E-state index >= 15 is 0 Å². The summed E-state index contributed by atoms with van der Waals surface area (Å²) in [5.41, 5.74) is 5.70. The van der Waals surface area contributed by atoms with Gasteiger partial charge in [0.05, 0.1) is 18.1 Å². The maximum absolute atomic E-state index is 12.6. The number of ether oxygens (including phenoxy) is 2. The second-order valence-electron chi connectivity index (χ2n) is 5.59. The molecule has 1 aliphatic heterocycles. The zero-order chi connectivity index (χ0) is 19.0. The van der Waals surface area contributed by atoms with E-state index in [2.05, 4.69) is 0 Å². The highest BCUT2D eigenvalue weighted by Crippen LogP contribution is 2.45. The van der Waals surface area contributed by atoms with E-state index in [1.54, 1.807) is 32.0 Å². The molecule has 1 aliphatic rings. The van der Waals surface area contributed by atoms with Crippen LogP contribution >= 0.6 is 23.2 Å². The molecule has 0 saturated carbocycles. The standard InChI is InChI=1S/C18H15Cl2NO5/c1-3-24-17(22)15-14(12-9(19)5-4-6-10(12)20)13-11(26-16(15)21)7-8(2)25-18(13)23/h4-7,14H,3,21H2,1-2H3. The Labute approximate surface area is 159 Å². The van der Waals surface area contributed by atoms with Gasteiger partial charge in [-0.05, 0) is 26.0 Å². The molecule has 1 aromatic carbocycles. The fourth-order valence-electron chi connectivity index (χ4n) is 2.90. The number of halogens is 2. The van der Waals surface area contributed by atoms with Crippen molar-refractivity contribution in [2.24, 2.45) is 5.73 Å². The smallest absolute Gasteiger partial charge is 0.343 e. The lowest BCUT2D eigenvalue weighted by atomic mass is 9.83. The lowest BCUT2D eigenvalue weighted by Crippen LogP contribution is -2.31. The number of hydrogen-bond donors (Lipinski definition) is 1. The average molecular weight is 396 g/mol. The van der Waals surface area contributed by atoms with E-state index in [-0.39, 0.29) is 39.4 Å². The van der Waals surface area contributed by atoms with Crippen LogP contribution in [0.1, 0.15) is 29.7 Å². The number of rotatable bonds is 3. The molecule has 0 aliphatic carbocycles. The summed E-state index contributed by atoms with van der Waals surface area (Å²) in [7, 11) is 0. The van der Waals surface area contributed by atoms with Gasteiger partial charge in [-0.1, -0.05) is 29.3 Å². The summed E-state index contributed by atoms with van der Waals surface area (Å²) in [6.07, 6.45) is 0. The quantitative estimate of drug-likeness (QED) is 0.799. The van der Waals surface area contributed by atoms with Crippen LogP contribution in [0.4, 0.5) is 0 Å². The number of fused-ring (bicyclic) bond motifs is 1. The van der Waals surface area contributed by atoms with Crippen molar-refractivity contribution in [3.63, 3.8) is 0 Å². The molecule has 2 heterocycles. The number of esters is 1. The number of benzene rings is 1. The molecule has 2 aromatic rings. The lowest BCUT2D eigenvalue weighted by Gasteiger charge is -2.28. The first-order valence-corrected chi connectivity index (χ1v) is 8.53. The molecule has 1 aromatic heterocycles. The van der Waals surface area contributed by atoms with Gasteiger partial charge in [-0.3, -0.25) is 0 Å². The van der Waals surface area contributed by atoms with E-state index < -0.39 is 17.5 Å². The van der Waals surface area contributed by atoms with Gasteiger partial charge in [0, 0.05) is 21.7 Å². The molecule has 0 radical (unpaired) electrons. The molecule has 136 valence electrons. The fraction of sp³-hybridized carbons (Fsp3) is 0.222. The van der Waals surface area contributed by atoms with Gasteiger partial charge >= 0.3 is 11.6 Å². The van der Waals surface area contributed by atoms with Gasteiger partial charge in [-0.25, -0.2) is 9.59 Å². The molecule has 0 fully saturated rings. The van der Waals surface area contributed by atoms with Crippen LogP contribution in [0.15, 0.2) is 44.9 Å². The van der Waals surface area contributed by atoms with Crippen molar-refractivity contribution in [1.29, 1.82) is 0 Å². The first kappa shape index (κ1) is 18.4. The number of nitrogens with two attached hydrogens (primary N) is 1. The first-order chi connectivity index (χ1) is 12.3. The summed E-state index contributed by atoms with van der Waals surface area (Å²) in [4.78, 5) is 25.1. The predicted octanol–water partition coefficient (Wildman–Crippen LogP) is 3.51. The maximum atomic E-state index is 12.6. The molecular weight excluding hydrogens is 381 g/mol. The van der Waals surface area contributed by atoms with Crippen molar-refractivity contribution >= 4 is 29.2 Å². The normalized spacial score (nSPS) is 16.1. The van der Waals surface area contributed by atoms with E-state index in [0.29, 0.717) is 11.3 Å². The predicted molar refractivity (Wildman–Crippen MR) is 96.5 cm³/mol. The lowest BCUT2D eigenvalue weighted by molar-refractivity contribution is -0.139. The molecule has 1 unspecified atom stereocenters.